The molecule has 0 saturated carbocycles. The number of hydrogen-bond donors (Lipinski definition) is 0. The van der Waals surface area contributed by atoms with E-state index in [0.717, 1.165) is 0 Å². The average molecular weight is 318 g/mol. The number of carbonyl (C=O) groups is 2. The molecule has 0 radical (unpaired) electrons. The quantitative estimate of drug-likeness (QED) is 0.401. The Bertz CT molecular complexity index is 349. The molecule has 0 bridgehead atoms. The van der Waals surface area contributed by atoms with Crippen LogP contribution in [0.1, 0.15) is 74.1 Å². The fourth-order valence-corrected chi connectivity index (χ4v) is 1.82. The van der Waals surface area contributed by atoms with Crippen molar-refractivity contribution in [3.8, 4) is 0 Å². The number of halogens is 1. The highest BCUT2D eigenvalue weighted by Crippen LogP contribution is 2.32. The Kier molecular flexibility index (Phi) is 7.52. The largest absolute Gasteiger partial charge is 0.459 e. The second-order valence-electron chi connectivity index (χ2n) is 7.84. The van der Waals surface area contributed by atoms with E-state index >= 15 is 0 Å². The van der Waals surface area contributed by atoms with Crippen molar-refractivity contribution < 1.29 is 23.5 Å². The van der Waals surface area contributed by atoms with Gasteiger partial charge in [0.2, 0.25) is 0 Å². The Balaban J connectivity index is 5.11. The number of alkyl halides is 1. The zero-order valence-corrected chi connectivity index (χ0v) is 15.0. The van der Waals surface area contributed by atoms with Gasteiger partial charge in [-0.15, -0.1) is 0 Å². The van der Waals surface area contributed by atoms with Crippen molar-refractivity contribution in [2.75, 3.05) is 6.67 Å². The highest BCUT2D eigenvalue weighted by molar-refractivity contribution is 5.99. The Morgan fingerprint density at radius 1 is 0.773 bits per heavy atom. The summed E-state index contributed by atoms with van der Waals surface area (Å²) >= 11 is 0. The molecular weight excluding hydrogens is 287 g/mol. The van der Waals surface area contributed by atoms with Gasteiger partial charge in [0.1, 0.15) is 11.2 Å². The molecule has 0 spiro atoms. The first-order valence-corrected chi connectivity index (χ1v) is 7.85. The fraction of sp³-hybridized carbons (Fsp3) is 0.882. The van der Waals surface area contributed by atoms with Crippen LogP contribution in [-0.2, 0) is 19.1 Å². The zero-order chi connectivity index (χ0) is 17.6. The summed E-state index contributed by atoms with van der Waals surface area (Å²) in [5.41, 5.74) is -2.73. The first-order chi connectivity index (χ1) is 9.82. The van der Waals surface area contributed by atoms with Crippen molar-refractivity contribution in [1.82, 2.24) is 0 Å². The van der Waals surface area contributed by atoms with E-state index in [-0.39, 0.29) is 6.42 Å². The van der Waals surface area contributed by atoms with E-state index in [1.807, 2.05) is 0 Å². The van der Waals surface area contributed by atoms with E-state index < -0.39 is 35.2 Å². The van der Waals surface area contributed by atoms with Crippen LogP contribution in [0.2, 0.25) is 0 Å². The number of rotatable bonds is 7. The van der Waals surface area contributed by atoms with Crippen LogP contribution in [0, 0.1) is 5.41 Å². The fourth-order valence-electron chi connectivity index (χ4n) is 1.82. The van der Waals surface area contributed by atoms with E-state index in [1.54, 1.807) is 48.5 Å². The molecule has 0 aromatic carbocycles. The van der Waals surface area contributed by atoms with Crippen molar-refractivity contribution in [2.45, 2.75) is 85.4 Å². The maximum atomic E-state index is 12.5. The van der Waals surface area contributed by atoms with E-state index in [1.165, 1.54) is 0 Å². The standard InChI is InChI=1S/C17H31FO4/c1-15(2,3)21-13(19)17(7,11-9-8-10-12-18)14(20)22-16(4,5)6/h8-12H2,1-7H3. The second-order valence-corrected chi connectivity index (χ2v) is 7.84. The van der Waals surface area contributed by atoms with Gasteiger partial charge in [0.25, 0.3) is 0 Å². The van der Waals surface area contributed by atoms with E-state index in [2.05, 4.69) is 0 Å². The first-order valence-electron chi connectivity index (χ1n) is 7.85. The minimum atomic E-state index is -1.36. The van der Waals surface area contributed by atoms with Gasteiger partial charge in [-0.2, -0.15) is 0 Å². The normalized spacial score (nSPS) is 12.9. The van der Waals surface area contributed by atoms with Gasteiger partial charge in [0.05, 0.1) is 6.67 Å². The zero-order valence-electron chi connectivity index (χ0n) is 15.0. The lowest BCUT2D eigenvalue weighted by molar-refractivity contribution is -0.184. The molecule has 0 rings (SSSR count). The third kappa shape index (κ3) is 7.76. The van der Waals surface area contributed by atoms with Crippen LogP contribution in [0.5, 0.6) is 0 Å². The second kappa shape index (κ2) is 7.93. The van der Waals surface area contributed by atoms with Gasteiger partial charge in [-0.25, -0.2) is 0 Å². The van der Waals surface area contributed by atoms with Gasteiger partial charge in [-0.3, -0.25) is 14.0 Å². The molecule has 0 aliphatic rings. The highest BCUT2D eigenvalue weighted by Gasteiger charge is 2.46. The van der Waals surface area contributed by atoms with Gasteiger partial charge in [-0.05, 0) is 61.3 Å². The Morgan fingerprint density at radius 2 is 1.18 bits per heavy atom. The Morgan fingerprint density at radius 3 is 1.50 bits per heavy atom. The number of esters is 2. The molecule has 130 valence electrons. The van der Waals surface area contributed by atoms with Crippen LogP contribution < -0.4 is 0 Å². The predicted molar refractivity (Wildman–Crippen MR) is 84.2 cm³/mol. The molecule has 0 aliphatic carbocycles. The summed E-state index contributed by atoms with van der Waals surface area (Å²) in [6, 6.07) is 0. The topological polar surface area (TPSA) is 52.6 Å². The van der Waals surface area contributed by atoms with Crippen molar-refractivity contribution >= 4 is 11.9 Å². The van der Waals surface area contributed by atoms with Crippen molar-refractivity contribution in [2.24, 2.45) is 5.41 Å². The Labute approximate surface area is 133 Å². The van der Waals surface area contributed by atoms with Crippen LogP contribution in [0.4, 0.5) is 4.39 Å². The summed E-state index contributed by atoms with van der Waals surface area (Å²) in [5.74, 6) is -1.18. The number of hydrogen-bond acceptors (Lipinski definition) is 4. The summed E-state index contributed by atoms with van der Waals surface area (Å²) in [6.07, 6.45) is 1.91. The van der Waals surface area contributed by atoms with Gasteiger partial charge < -0.3 is 9.47 Å². The van der Waals surface area contributed by atoms with Gasteiger partial charge >= 0.3 is 11.9 Å². The van der Waals surface area contributed by atoms with Crippen LogP contribution >= 0.6 is 0 Å². The minimum Gasteiger partial charge on any atom is -0.459 e. The molecule has 0 saturated heterocycles. The van der Waals surface area contributed by atoms with Crippen LogP contribution in [0.25, 0.3) is 0 Å². The number of carbonyl (C=O) groups excluding carboxylic acids is 2. The third-order valence-electron chi connectivity index (χ3n) is 3.01. The molecule has 0 amide bonds. The molecule has 0 heterocycles. The van der Waals surface area contributed by atoms with E-state index in [0.29, 0.717) is 19.3 Å². The maximum absolute atomic E-state index is 12.5. The van der Waals surface area contributed by atoms with Crippen molar-refractivity contribution in [1.29, 1.82) is 0 Å². The van der Waals surface area contributed by atoms with Crippen LogP contribution in [-0.4, -0.2) is 29.8 Å². The third-order valence-corrected chi connectivity index (χ3v) is 3.01. The van der Waals surface area contributed by atoms with Gasteiger partial charge in [0.15, 0.2) is 5.41 Å². The number of ether oxygens (including phenoxy) is 2. The summed E-state index contributed by atoms with van der Waals surface area (Å²) in [7, 11) is 0. The molecule has 0 aliphatic heterocycles. The molecule has 0 N–H and O–H groups in total. The van der Waals surface area contributed by atoms with Crippen molar-refractivity contribution in [3.63, 3.8) is 0 Å². The number of unbranched alkanes of at least 4 members (excludes halogenated alkanes) is 2. The minimum absolute atomic E-state index is 0.289. The first kappa shape index (κ1) is 20.9. The monoisotopic (exact) mass is 318 g/mol. The smallest absolute Gasteiger partial charge is 0.323 e. The molecule has 0 fully saturated rings. The summed E-state index contributed by atoms with van der Waals surface area (Å²) in [4.78, 5) is 24.9. The molecule has 0 unspecified atom stereocenters. The van der Waals surface area contributed by atoms with Gasteiger partial charge in [-0.1, -0.05) is 12.8 Å². The van der Waals surface area contributed by atoms with E-state index in [9.17, 15) is 14.0 Å². The maximum Gasteiger partial charge on any atom is 0.323 e. The molecule has 22 heavy (non-hydrogen) atoms. The summed E-state index contributed by atoms with van der Waals surface area (Å²) in [5, 5.41) is 0. The summed E-state index contributed by atoms with van der Waals surface area (Å²) < 4.78 is 23.0. The predicted octanol–water partition coefficient (Wildman–Crippen LogP) is 4.21. The molecule has 4 nitrogen and oxygen atoms in total. The molecule has 0 atom stereocenters. The highest BCUT2D eigenvalue weighted by atomic mass is 19.1. The average Bonchev–Trinajstić information content (AvgIpc) is 2.29. The lowest BCUT2D eigenvalue weighted by Gasteiger charge is -2.32. The van der Waals surface area contributed by atoms with E-state index in [4.69, 9.17) is 9.47 Å². The van der Waals surface area contributed by atoms with Crippen LogP contribution in [0.15, 0.2) is 0 Å². The van der Waals surface area contributed by atoms with Gasteiger partial charge in [0, 0.05) is 0 Å². The SMILES string of the molecule is CC(C)(C)OC(=O)C(C)(CCCCCF)C(=O)OC(C)(C)C. The Hall–Kier alpha value is -1.13. The molecule has 0 aromatic rings. The van der Waals surface area contributed by atoms with Crippen molar-refractivity contribution in [3.05, 3.63) is 0 Å². The summed E-state index contributed by atoms with van der Waals surface area (Å²) in [6.45, 7) is 11.7. The van der Waals surface area contributed by atoms with Crippen LogP contribution in [0.3, 0.4) is 0 Å². The molecule has 5 heteroatoms. The lowest BCUT2D eigenvalue weighted by atomic mass is 9.84. The molecule has 0 aromatic heterocycles. The lowest BCUT2D eigenvalue weighted by Crippen LogP contribution is -2.44. The molecular formula is C17H31FO4.